The number of amides is 2. The molecule has 172 valence electrons. The molecule has 0 fully saturated rings. The lowest BCUT2D eigenvalue weighted by Crippen LogP contribution is -2.47. The van der Waals surface area contributed by atoms with E-state index in [4.69, 9.17) is 23.2 Å². The molecule has 0 saturated carbocycles. The highest BCUT2D eigenvalue weighted by atomic mass is 35.5. The second-order valence-corrected chi connectivity index (χ2v) is 9.76. The van der Waals surface area contributed by atoms with E-state index in [1.807, 2.05) is 18.4 Å². The van der Waals surface area contributed by atoms with Crippen LogP contribution in [0.25, 0.3) is 0 Å². The van der Waals surface area contributed by atoms with Gasteiger partial charge in [0.25, 0.3) is 5.91 Å². The molecule has 0 bridgehead atoms. The van der Waals surface area contributed by atoms with Crippen LogP contribution >= 0.6 is 34.5 Å². The van der Waals surface area contributed by atoms with Gasteiger partial charge in [-0.3, -0.25) is 9.59 Å². The minimum absolute atomic E-state index is 0.0515. The SMILES string of the molecule is CCCN(CC(=O)N1CCc2sccc2C1c1ccc(F)cc1)C(=O)c1ccc(Cl)c(Cl)c1. The van der Waals surface area contributed by atoms with Gasteiger partial charge < -0.3 is 9.80 Å². The predicted molar refractivity (Wildman–Crippen MR) is 131 cm³/mol. The Morgan fingerprint density at radius 1 is 1.12 bits per heavy atom. The maximum absolute atomic E-state index is 13.6. The molecule has 2 aromatic carbocycles. The Kier molecular flexibility index (Phi) is 7.37. The van der Waals surface area contributed by atoms with Crippen LogP contribution in [0.4, 0.5) is 4.39 Å². The molecule has 1 aliphatic rings. The fraction of sp³-hybridized carbons (Fsp3) is 0.280. The van der Waals surface area contributed by atoms with Gasteiger partial charge in [0, 0.05) is 23.5 Å². The zero-order valence-electron chi connectivity index (χ0n) is 18.1. The third kappa shape index (κ3) is 5.08. The Morgan fingerprint density at radius 2 is 1.88 bits per heavy atom. The van der Waals surface area contributed by atoms with Crippen molar-refractivity contribution in [2.75, 3.05) is 19.6 Å². The van der Waals surface area contributed by atoms with Gasteiger partial charge in [-0.2, -0.15) is 0 Å². The Morgan fingerprint density at radius 3 is 2.58 bits per heavy atom. The van der Waals surface area contributed by atoms with E-state index < -0.39 is 0 Å². The lowest BCUT2D eigenvalue weighted by molar-refractivity contribution is -0.134. The number of thiophene rings is 1. The molecule has 0 aliphatic carbocycles. The molecular weight excluding hydrogens is 482 g/mol. The van der Waals surface area contributed by atoms with Gasteiger partial charge >= 0.3 is 0 Å². The van der Waals surface area contributed by atoms with Gasteiger partial charge in [-0.25, -0.2) is 4.39 Å². The largest absolute Gasteiger partial charge is 0.330 e. The number of benzene rings is 2. The smallest absolute Gasteiger partial charge is 0.254 e. The number of carbonyl (C=O) groups is 2. The Bertz CT molecular complexity index is 1170. The molecule has 1 aromatic heterocycles. The zero-order valence-corrected chi connectivity index (χ0v) is 20.4. The van der Waals surface area contributed by atoms with Gasteiger partial charge in [-0.05, 0) is 65.7 Å². The fourth-order valence-corrected chi connectivity index (χ4v) is 5.38. The Hall–Kier alpha value is -2.41. The van der Waals surface area contributed by atoms with Crippen LogP contribution in [0.15, 0.2) is 53.9 Å². The third-order valence-electron chi connectivity index (χ3n) is 5.75. The molecule has 0 radical (unpaired) electrons. The van der Waals surface area contributed by atoms with Crippen LogP contribution in [0.2, 0.25) is 10.0 Å². The summed E-state index contributed by atoms with van der Waals surface area (Å²) in [7, 11) is 0. The molecule has 8 heteroatoms. The van der Waals surface area contributed by atoms with Crippen molar-refractivity contribution in [3.63, 3.8) is 0 Å². The van der Waals surface area contributed by atoms with Crippen molar-refractivity contribution in [3.05, 3.63) is 91.3 Å². The second kappa shape index (κ2) is 10.2. The maximum atomic E-state index is 13.6. The van der Waals surface area contributed by atoms with Crippen LogP contribution in [-0.4, -0.2) is 41.2 Å². The summed E-state index contributed by atoms with van der Waals surface area (Å²) in [5, 5.41) is 2.68. The summed E-state index contributed by atoms with van der Waals surface area (Å²) >= 11 is 13.8. The first-order valence-electron chi connectivity index (χ1n) is 10.7. The van der Waals surface area contributed by atoms with Gasteiger partial charge in [-0.1, -0.05) is 42.3 Å². The molecule has 0 saturated heterocycles. The second-order valence-electron chi connectivity index (χ2n) is 7.95. The highest BCUT2D eigenvalue weighted by molar-refractivity contribution is 7.10. The van der Waals surface area contributed by atoms with Crippen molar-refractivity contribution in [3.8, 4) is 0 Å². The van der Waals surface area contributed by atoms with Crippen LogP contribution in [0.1, 0.15) is 45.7 Å². The maximum Gasteiger partial charge on any atom is 0.254 e. The highest BCUT2D eigenvalue weighted by Crippen LogP contribution is 2.38. The highest BCUT2D eigenvalue weighted by Gasteiger charge is 2.34. The van der Waals surface area contributed by atoms with Gasteiger partial charge in [0.1, 0.15) is 12.4 Å². The van der Waals surface area contributed by atoms with Crippen LogP contribution in [-0.2, 0) is 11.2 Å². The van der Waals surface area contributed by atoms with Crippen molar-refractivity contribution in [2.45, 2.75) is 25.8 Å². The summed E-state index contributed by atoms with van der Waals surface area (Å²) in [6, 6.07) is 12.7. The minimum atomic E-state index is -0.320. The van der Waals surface area contributed by atoms with Crippen molar-refractivity contribution in [1.29, 1.82) is 0 Å². The number of hydrogen-bond donors (Lipinski definition) is 0. The van der Waals surface area contributed by atoms with Crippen molar-refractivity contribution >= 4 is 46.4 Å². The Balaban J connectivity index is 1.61. The summed E-state index contributed by atoms with van der Waals surface area (Å²) in [5.74, 6) is -0.738. The first-order valence-corrected chi connectivity index (χ1v) is 12.4. The molecule has 33 heavy (non-hydrogen) atoms. The first-order chi connectivity index (χ1) is 15.9. The molecular formula is C25H23Cl2FN2O2S. The zero-order chi connectivity index (χ0) is 23.5. The topological polar surface area (TPSA) is 40.6 Å². The first kappa shape index (κ1) is 23.7. The van der Waals surface area contributed by atoms with Crippen LogP contribution in [0.5, 0.6) is 0 Å². The van der Waals surface area contributed by atoms with Gasteiger partial charge in [-0.15, -0.1) is 11.3 Å². The van der Waals surface area contributed by atoms with Crippen LogP contribution in [0.3, 0.4) is 0 Å². The quantitative estimate of drug-likeness (QED) is 0.399. The lowest BCUT2D eigenvalue weighted by Gasteiger charge is -2.37. The van der Waals surface area contributed by atoms with Crippen LogP contribution < -0.4 is 0 Å². The normalized spacial score (nSPS) is 15.3. The standard InChI is InChI=1S/C25H23Cl2FN2O2S/c1-2-11-29(25(32)17-5-8-20(26)21(27)14-17)15-23(31)30-12-9-22-19(10-13-33-22)24(30)16-3-6-18(28)7-4-16/h3-8,10,13-14,24H,2,9,11-12,15H2,1H3. The number of fused-ring (bicyclic) bond motifs is 1. The van der Waals surface area contributed by atoms with Crippen molar-refractivity contribution in [1.82, 2.24) is 9.80 Å². The minimum Gasteiger partial charge on any atom is -0.330 e. The predicted octanol–water partition coefficient (Wildman–Crippen LogP) is 6.22. The number of rotatable bonds is 6. The molecule has 2 amide bonds. The number of nitrogens with zero attached hydrogens (tertiary/aromatic N) is 2. The van der Waals surface area contributed by atoms with Gasteiger partial charge in [0.2, 0.25) is 5.91 Å². The molecule has 2 heterocycles. The molecule has 1 aliphatic heterocycles. The number of halogens is 3. The third-order valence-corrected chi connectivity index (χ3v) is 7.48. The van der Waals surface area contributed by atoms with E-state index in [1.165, 1.54) is 23.1 Å². The lowest BCUT2D eigenvalue weighted by atomic mass is 9.93. The summed E-state index contributed by atoms with van der Waals surface area (Å²) < 4.78 is 13.6. The number of hydrogen-bond acceptors (Lipinski definition) is 3. The summed E-state index contributed by atoms with van der Waals surface area (Å²) in [5.41, 5.74) is 2.30. The monoisotopic (exact) mass is 504 g/mol. The molecule has 0 N–H and O–H groups in total. The van der Waals surface area contributed by atoms with Gasteiger partial charge in [0.15, 0.2) is 0 Å². The van der Waals surface area contributed by atoms with E-state index in [-0.39, 0.29) is 30.2 Å². The average molecular weight is 505 g/mol. The van der Waals surface area contributed by atoms with Crippen molar-refractivity contribution < 1.29 is 14.0 Å². The molecule has 1 atom stereocenters. The molecule has 4 nitrogen and oxygen atoms in total. The van der Waals surface area contributed by atoms with E-state index >= 15 is 0 Å². The van der Waals surface area contributed by atoms with Crippen molar-refractivity contribution in [2.24, 2.45) is 0 Å². The van der Waals surface area contributed by atoms with Crippen LogP contribution in [0, 0.1) is 5.82 Å². The molecule has 0 spiro atoms. The average Bonchev–Trinajstić information content (AvgIpc) is 3.29. The van der Waals surface area contributed by atoms with E-state index in [9.17, 15) is 14.0 Å². The summed E-state index contributed by atoms with van der Waals surface area (Å²) in [4.78, 5) is 31.3. The molecule has 4 rings (SSSR count). The van der Waals surface area contributed by atoms with E-state index in [1.54, 1.807) is 45.4 Å². The molecule has 1 unspecified atom stereocenters. The van der Waals surface area contributed by atoms with E-state index in [0.717, 1.165) is 17.5 Å². The van der Waals surface area contributed by atoms with Gasteiger partial charge in [0.05, 0.1) is 16.1 Å². The Labute approximate surface area is 206 Å². The number of carbonyl (C=O) groups excluding carboxylic acids is 2. The molecule has 3 aromatic rings. The summed E-state index contributed by atoms with van der Waals surface area (Å²) in [6.07, 6.45) is 1.46. The summed E-state index contributed by atoms with van der Waals surface area (Å²) in [6.45, 7) is 2.88. The van der Waals surface area contributed by atoms with E-state index in [2.05, 4.69) is 0 Å². The fourth-order valence-electron chi connectivity index (χ4n) is 4.18. The van der Waals surface area contributed by atoms with E-state index in [0.29, 0.717) is 35.1 Å².